The maximum atomic E-state index is 14.7. The lowest BCUT2D eigenvalue weighted by Crippen LogP contribution is -2.30. The second-order valence-electron chi connectivity index (χ2n) is 6.52. The molecule has 0 saturated carbocycles. The van der Waals surface area contributed by atoms with Crippen LogP contribution in [-0.2, 0) is 0 Å². The Bertz CT molecular complexity index is 1360. The number of anilines is 1. The van der Waals surface area contributed by atoms with E-state index >= 15 is 0 Å². The first-order chi connectivity index (χ1) is 14.0. The van der Waals surface area contributed by atoms with Gasteiger partial charge in [-0.15, -0.1) is 10.2 Å². The summed E-state index contributed by atoms with van der Waals surface area (Å²) >= 11 is 1.13. The number of hydrogen-bond donors (Lipinski definition) is 0. The number of aryl methyl sites for hydroxylation is 1. The first-order valence-corrected chi connectivity index (χ1v) is 9.41. The molecule has 0 spiro atoms. The number of amides is 1. The van der Waals surface area contributed by atoms with E-state index in [4.69, 9.17) is 4.42 Å². The molecule has 2 aromatic carbocycles. The van der Waals surface area contributed by atoms with E-state index in [1.54, 1.807) is 13.0 Å². The van der Waals surface area contributed by atoms with Gasteiger partial charge in [-0.25, -0.2) is 8.78 Å². The topological polar surface area (TPSA) is 76.3 Å². The predicted molar refractivity (Wildman–Crippen MR) is 102 cm³/mol. The lowest BCUT2D eigenvalue weighted by Gasteiger charge is -2.22. The maximum absolute atomic E-state index is 14.7. The molecule has 9 heteroatoms. The number of aromatic nitrogens is 2. The minimum absolute atomic E-state index is 0.0202. The van der Waals surface area contributed by atoms with Gasteiger partial charge in [-0.2, -0.15) is 0 Å². The van der Waals surface area contributed by atoms with E-state index in [0.29, 0.717) is 5.01 Å². The standard InChI is InChI=1S/C20H11F2N3O3S/c1-9-23-24-20(29-9)25-16(11-4-2-3-5-13(11)22)15-17(26)12-8-10(21)6-7-14(12)28-18(15)19(25)27/h2-8,16H,1H3. The number of carbonyl (C=O) groups excluding carboxylic acids is 1. The van der Waals surface area contributed by atoms with E-state index in [9.17, 15) is 18.4 Å². The molecule has 0 radical (unpaired) electrons. The van der Waals surface area contributed by atoms with Crippen molar-refractivity contribution in [1.82, 2.24) is 10.2 Å². The number of hydrogen-bond acceptors (Lipinski definition) is 6. The van der Waals surface area contributed by atoms with Crippen molar-refractivity contribution >= 4 is 33.3 Å². The molecule has 0 fully saturated rings. The van der Waals surface area contributed by atoms with Crippen molar-refractivity contribution < 1.29 is 18.0 Å². The predicted octanol–water partition coefficient (Wildman–Crippen LogP) is 3.98. The highest BCUT2D eigenvalue weighted by Crippen LogP contribution is 2.42. The maximum Gasteiger partial charge on any atom is 0.297 e. The third-order valence-electron chi connectivity index (χ3n) is 4.75. The van der Waals surface area contributed by atoms with Gasteiger partial charge in [-0.05, 0) is 31.2 Å². The van der Waals surface area contributed by atoms with Crippen molar-refractivity contribution in [1.29, 1.82) is 0 Å². The number of rotatable bonds is 2. The highest BCUT2D eigenvalue weighted by Gasteiger charge is 2.46. The van der Waals surface area contributed by atoms with Crippen LogP contribution in [0.2, 0.25) is 0 Å². The molecule has 0 aliphatic carbocycles. The van der Waals surface area contributed by atoms with Crippen LogP contribution in [0.5, 0.6) is 0 Å². The SMILES string of the molecule is Cc1nnc(N2C(=O)c3oc4ccc(F)cc4c(=O)c3C2c2ccccc2F)s1. The van der Waals surface area contributed by atoms with Crippen molar-refractivity contribution in [3.05, 3.63) is 86.2 Å². The Kier molecular flexibility index (Phi) is 3.82. The van der Waals surface area contributed by atoms with E-state index in [0.717, 1.165) is 23.5 Å². The molecule has 4 aromatic rings. The van der Waals surface area contributed by atoms with E-state index in [1.165, 1.54) is 29.2 Å². The van der Waals surface area contributed by atoms with Crippen molar-refractivity contribution in [2.75, 3.05) is 4.90 Å². The quantitative estimate of drug-likeness (QED) is 0.499. The molecule has 144 valence electrons. The number of fused-ring (bicyclic) bond motifs is 2. The first-order valence-electron chi connectivity index (χ1n) is 8.60. The Morgan fingerprint density at radius 1 is 1.10 bits per heavy atom. The van der Waals surface area contributed by atoms with Gasteiger partial charge in [0.25, 0.3) is 5.91 Å². The Morgan fingerprint density at radius 3 is 2.62 bits per heavy atom. The summed E-state index contributed by atoms with van der Waals surface area (Å²) in [6.07, 6.45) is 0. The van der Waals surface area contributed by atoms with Crippen LogP contribution in [0.15, 0.2) is 51.7 Å². The van der Waals surface area contributed by atoms with Crippen molar-refractivity contribution in [3.8, 4) is 0 Å². The molecule has 29 heavy (non-hydrogen) atoms. The molecule has 2 aromatic heterocycles. The van der Waals surface area contributed by atoms with E-state index < -0.39 is 29.0 Å². The zero-order valence-corrected chi connectivity index (χ0v) is 15.7. The minimum atomic E-state index is -1.10. The molecule has 1 atom stereocenters. The zero-order valence-electron chi connectivity index (χ0n) is 14.8. The fourth-order valence-corrected chi connectivity index (χ4v) is 4.23. The van der Waals surface area contributed by atoms with Crippen LogP contribution in [0.25, 0.3) is 11.0 Å². The third kappa shape index (κ3) is 2.58. The smallest absolute Gasteiger partial charge is 0.297 e. The molecule has 5 rings (SSSR count). The van der Waals surface area contributed by atoms with Gasteiger partial charge in [0.15, 0.2) is 5.43 Å². The van der Waals surface area contributed by atoms with Crippen LogP contribution in [0.1, 0.15) is 32.7 Å². The van der Waals surface area contributed by atoms with Crippen molar-refractivity contribution in [3.63, 3.8) is 0 Å². The third-order valence-corrected chi connectivity index (χ3v) is 5.59. The Morgan fingerprint density at radius 2 is 1.90 bits per heavy atom. The van der Waals surface area contributed by atoms with E-state index in [1.807, 2.05) is 0 Å². The van der Waals surface area contributed by atoms with Gasteiger partial charge < -0.3 is 4.42 Å². The monoisotopic (exact) mass is 411 g/mol. The second-order valence-corrected chi connectivity index (χ2v) is 7.68. The average molecular weight is 411 g/mol. The summed E-state index contributed by atoms with van der Waals surface area (Å²) in [4.78, 5) is 27.6. The number of benzene rings is 2. The van der Waals surface area contributed by atoms with Crippen LogP contribution in [0, 0.1) is 18.6 Å². The second kappa shape index (κ2) is 6.28. The number of halogens is 2. The van der Waals surface area contributed by atoms with Gasteiger partial charge in [0.2, 0.25) is 10.9 Å². The van der Waals surface area contributed by atoms with E-state index in [2.05, 4.69) is 10.2 Å². The Hall–Kier alpha value is -3.46. The Labute approximate surface area is 166 Å². The highest BCUT2D eigenvalue weighted by atomic mass is 32.1. The van der Waals surface area contributed by atoms with Gasteiger partial charge in [0.05, 0.1) is 10.9 Å². The summed E-state index contributed by atoms with van der Waals surface area (Å²) in [7, 11) is 0. The number of carbonyl (C=O) groups is 1. The summed E-state index contributed by atoms with van der Waals surface area (Å²) < 4.78 is 34.1. The molecule has 1 amide bonds. The lowest BCUT2D eigenvalue weighted by atomic mass is 9.98. The summed E-state index contributed by atoms with van der Waals surface area (Å²) in [6, 6.07) is 8.20. The molecule has 1 aliphatic heterocycles. The molecule has 0 saturated heterocycles. The van der Waals surface area contributed by atoms with Crippen molar-refractivity contribution in [2.45, 2.75) is 13.0 Å². The van der Waals surface area contributed by atoms with Crippen LogP contribution in [-0.4, -0.2) is 16.1 Å². The minimum Gasteiger partial charge on any atom is -0.450 e. The summed E-state index contributed by atoms with van der Waals surface area (Å²) in [5.41, 5.74) is -0.460. The first kappa shape index (κ1) is 17.6. The largest absolute Gasteiger partial charge is 0.450 e. The van der Waals surface area contributed by atoms with Gasteiger partial charge >= 0.3 is 0 Å². The molecule has 0 N–H and O–H groups in total. The van der Waals surface area contributed by atoms with E-state index in [-0.39, 0.29) is 33.0 Å². The lowest BCUT2D eigenvalue weighted by molar-refractivity contribution is 0.0970. The van der Waals surface area contributed by atoms with Crippen LogP contribution in [0.4, 0.5) is 13.9 Å². The van der Waals surface area contributed by atoms with Crippen LogP contribution in [0.3, 0.4) is 0 Å². The Balaban J connectivity index is 1.86. The summed E-state index contributed by atoms with van der Waals surface area (Å²) in [5, 5.41) is 8.71. The molecular weight excluding hydrogens is 400 g/mol. The summed E-state index contributed by atoms with van der Waals surface area (Å²) in [5.74, 6) is -2.06. The van der Waals surface area contributed by atoms with Gasteiger partial charge in [-0.1, -0.05) is 29.5 Å². The zero-order chi connectivity index (χ0) is 20.3. The van der Waals surface area contributed by atoms with Gasteiger partial charge in [0, 0.05) is 5.56 Å². The molecule has 1 aliphatic rings. The average Bonchev–Trinajstić information content (AvgIpc) is 3.24. The number of nitrogens with zero attached hydrogens (tertiary/aromatic N) is 3. The summed E-state index contributed by atoms with van der Waals surface area (Å²) in [6.45, 7) is 1.72. The molecule has 1 unspecified atom stereocenters. The fraction of sp³-hybridized carbons (Fsp3) is 0.100. The molecular formula is C20H11F2N3O3S. The fourth-order valence-electron chi connectivity index (χ4n) is 3.52. The van der Waals surface area contributed by atoms with Gasteiger partial charge in [0.1, 0.15) is 28.3 Å². The van der Waals surface area contributed by atoms with Crippen molar-refractivity contribution in [2.24, 2.45) is 0 Å². The van der Waals surface area contributed by atoms with Crippen LogP contribution < -0.4 is 10.3 Å². The normalized spacial score (nSPS) is 15.9. The molecule has 6 nitrogen and oxygen atoms in total. The molecule has 0 bridgehead atoms. The van der Waals surface area contributed by atoms with Crippen LogP contribution >= 0.6 is 11.3 Å². The molecule has 3 heterocycles. The highest BCUT2D eigenvalue weighted by molar-refractivity contribution is 7.15. The van der Waals surface area contributed by atoms with Gasteiger partial charge in [-0.3, -0.25) is 14.5 Å².